The van der Waals surface area contributed by atoms with Gasteiger partial charge >= 0.3 is 0 Å². The van der Waals surface area contributed by atoms with Crippen LogP contribution in [0.4, 0.5) is 5.69 Å². The van der Waals surface area contributed by atoms with Crippen LogP contribution in [0.5, 0.6) is 0 Å². The van der Waals surface area contributed by atoms with Crippen LogP contribution in [0.15, 0.2) is 12.4 Å². The van der Waals surface area contributed by atoms with Crippen molar-refractivity contribution in [2.75, 3.05) is 11.9 Å². The number of anilines is 1. The Hall–Kier alpha value is -1.07. The molecule has 2 rings (SSSR count). The van der Waals surface area contributed by atoms with E-state index in [1.165, 1.54) is 0 Å². The molecule has 0 bridgehead atoms. The summed E-state index contributed by atoms with van der Waals surface area (Å²) in [4.78, 5) is 11.8. The van der Waals surface area contributed by atoms with Gasteiger partial charge in [0, 0.05) is 13.2 Å². The van der Waals surface area contributed by atoms with E-state index in [0.717, 1.165) is 31.5 Å². The monoisotopic (exact) mass is 244 g/mol. The number of aryl methyl sites for hydroxylation is 1. The number of halogens is 1. The van der Waals surface area contributed by atoms with Gasteiger partial charge in [0.1, 0.15) is 0 Å². The minimum Gasteiger partial charge on any atom is -0.322 e. The number of nitrogens with zero attached hydrogens (tertiary/aromatic N) is 2. The number of carbonyl (C=O) groups is 1. The molecule has 1 saturated heterocycles. The molecule has 2 heterocycles. The van der Waals surface area contributed by atoms with Gasteiger partial charge in [-0.15, -0.1) is 12.4 Å². The first-order valence-electron chi connectivity index (χ1n) is 5.28. The molecule has 2 N–H and O–H groups in total. The smallest absolute Gasteiger partial charge is 0.241 e. The fraction of sp³-hybridized carbons (Fsp3) is 0.600. The van der Waals surface area contributed by atoms with Crippen LogP contribution in [0.1, 0.15) is 19.3 Å². The maximum absolute atomic E-state index is 11.8. The molecular weight excluding hydrogens is 228 g/mol. The number of aromatic nitrogens is 2. The summed E-state index contributed by atoms with van der Waals surface area (Å²) in [7, 11) is 1.83. The highest BCUT2D eigenvalue weighted by Gasteiger charge is 2.20. The Morgan fingerprint density at radius 3 is 3.00 bits per heavy atom. The summed E-state index contributed by atoms with van der Waals surface area (Å²) in [6.45, 7) is 0.936. The summed E-state index contributed by atoms with van der Waals surface area (Å²) in [5, 5.41) is 10.1. The third kappa shape index (κ3) is 3.21. The van der Waals surface area contributed by atoms with Gasteiger partial charge in [0.05, 0.1) is 17.9 Å². The molecule has 5 nitrogen and oxygen atoms in total. The molecule has 1 unspecified atom stereocenters. The summed E-state index contributed by atoms with van der Waals surface area (Å²) in [5.74, 6) is 0.0442. The van der Waals surface area contributed by atoms with Crippen molar-refractivity contribution in [1.29, 1.82) is 0 Å². The van der Waals surface area contributed by atoms with Crippen molar-refractivity contribution in [3.05, 3.63) is 12.4 Å². The Bertz CT molecular complexity index is 346. The molecule has 0 spiro atoms. The molecule has 0 radical (unpaired) electrons. The molecule has 1 aromatic rings. The third-order valence-corrected chi connectivity index (χ3v) is 2.60. The number of piperidine rings is 1. The van der Waals surface area contributed by atoms with Crippen molar-refractivity contribution in [3.8, 4) is 0 Å². The molecule has 1 fully saturated rings. The molecule has 16 heavy (non-hydrogen) atoms. The molecule has 6 heteroatoms. The standard InChI is InChI=1S/C10H16N4O.ClH/c1-14-7-8(6-12-14)13-10(15)9-4-2-3-5-11-9;/h6-7,9,11H,2-5H2,1H3,(H,13,15);1H. The van der Waals surface area contributed by atoms with Crippen molar-refractivity contribution in [2.45, 2.75) is 25.3 Å². The van der Waals surface area contributed by atoms with E-state index in [4.69, 9.17) is 0 Å². The van der Waals surface area contributed by atoms with Gasteiger partial charge in [-0.25, -0.2) is 0 Å². The van der Waals surface area contributed by atoms with Gasteiger partial charge in [-0.2, -0.15) is 5.10 Å². The maximum Gasteiger partial charge on any atom is 0.241 e. The van der Waals surface area contributed by atoms with Crippen LogP contribution in [0.3, 0.4) is 0 Å². The van der Waals surface area contributed by atoms with Crippen molar-refractivity contribution in [3.63, 3.8) is 0 Å². The first-order valence-corrected chi connectivity index (χ1v) is 5.28. The molecule has 0 aromatic carbocycles. The van der Waals surface area contributed by atoms with E-state index in [-0.39, 0.29) is 24.4 Å². The van der Waals surface area contributed by atoms with Crippen LogP contribution in [0.25, 0.3) is 0 Å². The molecule has 0 saturated carbocycles. The van der Waals surface area contributed by atoms with Crippen molar-refractivity contribution in [2.24, 2.45) is 7.05 Å². The number of hydrogen-bond acceptors (Lipinski definition) is 3. The second kappa shape index (κ2) is 5.86. The highest BCUT2D eigenvalue weighted by molar-refractivity contribution is 5.94. The van der Waals surface area contributed by atoms with Crippen molar-refractivity contribution < 1.29 is 4.79 Å². The van der Waals surface area contributed by atoms with Crippen LogP contribution >= 0.6 is 12.4 Å². The average Bonchev–Trinajstić information content (AvgIpc) is 2.65. The minimum atomic E-state index is -0.0426. The molecule has 0 aliphatic carbocycles. The predicted octanol–water partition coefficient (Wildman–Crippen LogP) is 0.922. The fourth-order valence-electron chi connectivity index (χ4n) is 1.79. The first kappa shape index (κ1) is 13.0. The maximum atomic E-state index is 11.8. The van der Waals surface area contributed by atoms with E-state index in [1.807, 2.05) is 7.05 Å². The Morgan fingerprint density at radius 2 is 2.44 bits per heavy atom. The molecule has 1 aliphatic rings. The Balaban J connectivity index is 0.00000128. The van der Waals surface area contributed by atoms with Crippen molar-refractivity contribution >= 4 is 24.0 Å². The lowest BCUT2D eigenvalue weighted by molar-refractivity contribution is -0.118. The van der Waals surface area contributed by atoms with Crippen LogP contribution in [0.2, 0.25) is 0 Å². The molecule has 1 amide bonds. The number of carbonyl (C=O) groups excluding carboxylic acids is 1. The number of nitrogens with one attached hydrogen (secondary N) is 2. The largest absolute Gasteiger partial charge is 0.322 e. The van der Waals surface area contributed by atoms with Crippen molar-refractivity contribution in [1.82, 2.24) is 15.1 Å². The number of hydrogen-bond donors (Lipinski definition) is 2. The summed E-state index contributed by atoms with van der Waals surface area (Å²) in [6, 6.07) is -0.0426. The van der Waals surface area contributed by atoms with Gasteiger partial charge < -0.3 is 10.6 Å². The van der Waals surface area contributed by atoms with Gasteiger partial charge in [0.2, 0.25) is 5.91 Å². The zero-order chi connectivity index (χ0) is 10.7. The van der Waals surface area contributed by atoms with Gasteiger partial charge in [0.15, 0.2) is 0 Å². The third-order valence-electron chi connectivity index (χ3n) is 2.60. The summed E-state index contributed by atoms with van der Waals surface area (Å²) >= 11 is 0. The second-order valence-corrected chi connectivity index (χ2v) is 3.89. The fourth-order valence-corrected chi connectivity index (χ4v) is 1.79. The minimum absolute atomic E-state index is 0. The Kier molecular flexibility index (Phi) is 4.76. The van der Waals surface area contributed by atoms with Gasteiger partial charge in [-0.3, -0.25) is 9.48 Å². The highest BCUT2D eigenvalue weighted by Crippen LogP contribution is 2.10. The number of amides is 1. The van der Waals surface area contributed by atoms with Gasteiger partial charge in [-0.05, 0) is 19.4 Å². The zero-order valence-corrected chi connectivity index (χ0v) is 10.1. The van der Waals surface area contributed by atoms with Crippen LogP contribution in [-0.2, 0) is 11.8 Å². The van der Waals surface area contributed by atoms with E-state index < -0.39 is 0 Å². The molecule has 1 aromatic heterocycles. The predicted molar refractivity (Wildman–Crippen MR) is 64.7 cm³/mol. The molecule has 90 valence electrons. The van der Waals surface area contributed by atoms with E-state index in [9.17, 15) is 4.79 Å². The summed E-state index contributed by atoms with van der Waals surface area (Å²) in [5.41, 5.74) is 0.759. The molecular formula is C10H17ClN4O. The average molecular weight is 245 g/mol. The topological polar surface area (TPSA) is 59.0 Å². The Labute approximate surface area is 101 Å². The van der Waals surface area contributed by atoms with E-state index >= 15 is 0 Å². The zero-order valence-electron chi connectivity index (χ0n) is 9.27. The van der Waals surface area contributed by atoms with Crippen LogP contribution in [-0.4, -0.2) is 28.3 Å². The van der Waals surface area contributed by atoms with Gasteiger partial charge in [0.25, 0.3) is 0 Å². The summed E-state index contributed by atoms with van der Waals surface area (Å²) < 4.78 is 1.67. The van der Waals surface area contributed by atoms with E-state index in [1.54, 1.807) is 17.1 Å². The SMILES string of the molecule is Cl.Cn1cc(NC(=O)C2CCCCN2)cn1. The lowest BCUT2D eigenvalue weighted by atomic mass is 10.0. The number of rotatable bonds is 2. The van der Waals surface area contributed by atoms with Crippen LogP contribution in [0, 0.1) is 0 Å². The highest BCUT2D eigenvalue weighted by atomic mass is 35.5. The molecule has 1 aliphatic heterocycles. The lowest BCUT2D eigenvalue weighted by Crippen LogP contribution is -2.43. The Morgan fingerprint density at radius 1 is 1.62 bits per heavy atom. The van der Waals surface area contributed by atoms with E-state index in [2.05, 4.69) is 15.7 Å². The first-order chi connectivity index (χ1) is 7.25. The van der Waals surface area contributed by atoms with Gasteiger partial charge in [-0.1, -0.05) is 6.42 Å². The lowest BCUT2D eigenvalue weighted by Gasteiger charge is -2.22. The van der Waals surface area contributed by atoms with E-state index in [0.29, 0.717) is 0 Å². The van der Waals surface area contributed by atoms with Crippen LogP contribution < -0.4 is 10.6 Å². The quantitative estimate of drug-likeness (QED) is 0.814. The molecule has 1 atom stereocenters. The summed E-state index contributed by atoms with van der Waals surface area (Å²) in [6.07, 6.45) is 6.66. The normalized spacial score (nSPS) is 19.9. The second-order valence-electron chi connectivity index (χ2n) is 3.89.